The summed E-state index contributed by atoms with van der Waals surface area (Å²) in [6.45, 7) is 3.18. The zero-order chi connectivity index (χ0) is 16.9. The van der Waals surface area contributed by atoms with Gasteiger partial charge in [-0.05, 0) is 48.6 Å². The van der Waals surface area contributed by atoms with Gasteiger partial charge in [0.1, 0.15) is 5.82 Å². The van der Waals surface area contributed by atoms with E-state index >= 15 is 0 Å². The summed E-state index contributed by atoms with van der Waals surface area (Å²) in [6, 6.07) is 15.6. The van der Waals surface area contributed by atoms with Crippen molar-refractivity contribution in [2.75, 3.05) is 31.1 Å². The number of amides is 1. The van der Waals surface area contributed by atoms with Crippen molar-refractivity contribution < 1.29 is 9.18 Å². The second kappa shape index (κ2) is 7.40. The van der Waals surface area contributed by atoms with Crippen molar-refractivity contribution in [3.8, 4) is 0 Å². The van der Waals surface area contributed by atoms with E-state index in [4.69, 9.17) is 12.2 Å². The number of hydrogen-bond donors (Lipinski definition) is 1. The first-order chi connectivity index (χ1) is 11.6. The van der Waals surface area contributed by atoms with Crippen molar-refractivity contribution in [1.82, 2.24) is 10.2 Å². The Bertz CT molecular complexity index is 713. The fourth-order valence-corrected chi connectivity index (χ4v) is 2.93. The second-order valence-corrected chi connectivity index (χ2v) is 5.96. The minimum atomic E-state index is -0.369. The normalized spacial score (nSPS) is 14.4. The third-order valence-corrected chi connectivity index (χ3v) is 4.38. The average molecular weight is 343 g/mol. The molecule has 24 heavy (non-hydrogen) atoms. The number of rotatable bonds is 2. The van der Waals surface area contributed by atoms with Crippen LogP contribution in [0.15, 0.2) is 54.6 Å². The largest absolute Gasteiger partial charge is 0.368 e. The predicted molar refractivity (Wildman–Crippen MR) is 96.7 cm³/mol. The first kappa shape index (κ1) is 16.4. The molecule has 2 aromatic carbocycles. The molecule has 0 saturated carbocycles. The van der Waals surface area contributed by atoms with Crippen LogP contribution in [0.4, 0.5) is 10.1 Å². The van der Waals surface area contributed by atoms with Gasteiger partial charge in [-0.3, -0.25) is 10.1 Å². The van der Waals surface area contributed by atoms with E-state index in [2.05, 4.69) is 22.3 Å². The van der Waals surface area contributed by atoms with Gasteiger partial charge in [-0.2, -0.15) is 0 Å². The van der Waals surface area contributed by atoms with Gasteiger partial charge in [0.05, 0.1) is 0 Å². The number of hydrogen-bond acceptors (Lipinski definition) is 3. The van der Waals surface area contributed by atoms with Crippen molar-refractivity contribution in [1.29, 1.82) is 0 Å². The number of carbonyl (C=O) groups is 1. The van der Waals surface area contributed by atoms with Crippen LogP contribution in [0.2, 0.25) is 0 Å². The van der Waals surface area contributed by atoms with Gasteiger partial charge in [0, 0.05) is 37.4 Å². The summed E-state index contributed by atoms with van der Waals surface area (Å²) < 4.78 is 12.9. The van der Waals surface area contributed by atoms with Gasteiger partial charge in [0.2, 0.25) is 0 Å². The molecule has 0 aromatic heterocycles. The van der Waals surface area contributed by atoms with Crippen molar-refractivity contribution >= 4 is 28.9 Å². The van der Waals surface area contributed by atoms with Crippen molar-refractivity contribution in [2.45, 2.75) is 0 Å². The summed E-state index contributed by atoms with van der Waals surface area (Å²) >= 11 is 5.33. The highest BCUT2D eigenvalue weighted by Crippen LogP contribution is 2.15. The SMILES string of the molecule is O=C(NC(=S)N1CCN(c2ccccc2)CC1)c1ccc(F)cc1. The number of piperazine rings is 1. The molecule has 0 atom stereocenters. The summed E-state index contributed by atoms with van der Waals surface area (Å²) in [5.74, 6) is -0.684. The number of anilines is 1. The van der Waals surface area contributed by atoms with E-state index in [0.717, 1.165) is 26.2 Å². The van der Waals surface area contributed by atoms with Gasteiger partial charge in [-0.25, -0.2) is 4.39 Å². The highest BCUT2D eigenvalue weighted by atomic mass is 32.1. The second-order valence-electron chi connectivity index (χ2n) is 5.58. The Hall–Kier alpha value is -2.47. The molecule has 1 aliphatic heterocycles. The fraction of sp³-hybridized carbons (Fsp3) is 0.222. The molecule has 2 aromatic rings. The van der Waals surface area contributed by atoms with Gasteiger partial charge in [0.15, 0.2) is 5.11 Å². The monoisotopic (exact) mass is 343 g/mol. The minimum Gasteiger partial charge on any atom is -0.368 e. The first-order valence-electron chi connectivity index (χ1n) is 7.79. The highest BCUT2D eigenvalue weighted by Gasteiger charge is 2.20. The molecule has 0 radical (unpaired) electrons. The Kier molecular flexibility index (Phi) is 5.05. The summed E-state index contributed by atoms with van der Waals surface area (Å²) in [4.78, 5) is 16.4. The summed E-state index contributed by atoms with van der Waals surface area (Å²) in [7, 11) is 0. The fourth-order valence-electron chi connectivity index (χ4n) is 2.66. The van der Waals surface area contributed by atoms with Gasteiger partial charge < -0.3 is 9.80 Å². The number of thiocarbonyl (C=S) groups is 1. The smallest absolute Gasteiger partial charge is 0.257 e. The molecule has 4 nitrogen and oxygen atoms in total. The van der Waals surface area contributed by atoms with Gasteiger partial charge in [0.25, 0.3) is 5.91 Å². The van der Waals surface area contributed by atoms with Crippen LogP contribution in [0.5, 0.6) is 0 Å². The summed E-state index contributed by atoms with van der Waals surface area (Å²) in [5.41, 5.74) is 1.58. The molecule has 3 rings (SSSR count). The van der Waals surface area contributed by atoms with Crippen LogP contribution in [0, 0.1) is 5.82 Å². The molecule has 0 bridgehead atoms. The molecule has 0 unspecified atom stereocenters. The highest BCUT2D eigenvalue weighted by molar-refractivity contribution is 7.80. The van der Waals surface area contributed by atoms with Gasteiger partial charge in [-0.1, -0.05) is 18.2 Å². The Morgan fingerprint density at radius 1 is 0.958 bits per heavy atom. The molecule has 1 heterocycles. The lowest BCUT2D eigenvalue weighted by Gasteiger charge is -2.37. The molecular formula is C18H18FN3OS. The Morgan fingerprint density at radius 3 is 2.21 bits per heavy atom. The summed E-state index contributed by atoms with van der Waals surface area (Å²) in [5, 5.41) is 3.13. The molecule has 1 saturated heterocycles. The van der Waals surface area contributed by atoms with Crippen LogP contribution in [0.25, 0.3) is 0 Å². The van der Waals surface area contributed by atoms with Gasteiger partial charge >= 0.3 is 0 Å². The topological polar surface area (TPSA) is 35.6 Å². The van der Waals surface area contributed by atoms with Crippen molar-refractivity contribution in [3.63, 3.8) is 0 Å². The molecule has 1 fully saturated rings. The summed E-state index contributed by atoms with van der Waals surface area (Å²) in [6.07, 6.45) is 0. The Balaban J connectivity index is 1.53. The molecule has 124 valence electrons. The molecule has 6 heteroatoms. The quantitative estimate of drug-likeness (QED) is 0.851. The van der Waals surface area contributed by atoms with Crippen LogP contribution in [0.1, 0.15) is 10.4 Å². The van der Waals surface area contributed by atoms with Crippen LogP contribution in [-0.2, 0) is 0 Å². The first-order valence-corrected chi connectivity index (χ1v) is 8.20. The van der Waals surface area contributed by atoms with Crippen molar-refractivity contribution in [2.24, 2.45) is 0 Å². The molecular weight excluding hydrogens is 325 g/mol. The van der Waals surface area contributed by atoms with E-state index in [1.165, 1.54) is 30.0 Å². The maximum absolute atomic E-state index is 12.9. The standard InChI is InChI=1S/C18H18FN3OS/c19-15-8-6-14(7-9-15)17(23)20-18(24)22-12-10-21(11-13-22)16-4-2-1-3-5-16/h1-9H,10-13H2,(H,20,23,24). The third kappa shape index (κ3) is 3.89. The van der Waals surface area contributed by atoms with Crippen LogP contribution < -0.4 is 10.2 Å². The number of para-hydroxylation sites is 1. The van der Waals surface area contributed by atoms with E-state index in [-0.39, 0.29) is 11.7 Å². The lowest BCUT2D eigenvalue weighted by Crippen LogP contribution is -2.52. The zero-order valence-corrected chi connectivity index (χ0v) is 13.9. The lowest BCUT2D eigenvalue weighted by atomic mass is 10.2. The number of benzene rings is 2. The van der Waals surface area contributed by atoms with E-state index in [1.807, 2.05) is 23.1 Å². The van der Waals surface area contributed by atoms with Gasteiger partial charge in [-0.15, -0.1) is 0 Å². The van der Waals surface area contributed by atoms with Crippen LogP contribution in [-0.4, -0.2) is 42.1 Å². The number of nitrogens with one attached hydrogen (secondary N) is 1. The van der Waals surface area contributed by atoms with E-state index < -0.39 is 0 Å². The van der Waals surface area contributed by atoms with E-state index in [0.29, 0.717) is 10.7 Å². The third-order valence-electron chi connectivity index (χ3n) is 4.02. The molecule has 1 aliphatic rings. The molecule has 0 aliphatic carbocycles. The molecule has 1 N–H and O–H groups in total. The van der Waals surface area contributed by atoms with Crippen molar-refractivity contribution in [3.05, 3.63) is 66.0 Å². The molecule has 0 spiro atoms. The van der Waals surface area contributed by atoms with Crippen LogP contribution >= 0.6 is 12.2 Å². The lowest BCUT2D eigenvalue weighted by molar-refractivity contribution is 0.0973. The Morgan fingerprint density at radius 2 is 1.58 bits per heavy atom. The Labute approximate surface area is 145 Å². The maximum Gasteiger partial charge on any atom is 0.257 e. The number of halogens is 1. The van der Waals surface area contributed by atoms with Crippen LogP contribution in [0.3, 0.4) is 0 Å². The number of carbonyl (C=O) groups excluding carboxylic acids is 1. The predicted octanol–water partition coefficient (Wildman–Crippen LogP) is 2.66. The maximum atomic E-state index is 12.9. The molecule has 1 amide bonds. The average Bonchev–Trinajstić information content (AvgIpc) is 2.63. The minimum absolute atomic E-state index is 0.314. The van der Waals surface area contributed by atoms with E-state index in [9.17, 15) is 9.18 Å². The van der Waals surface area contributed by atoms with E-state index in [1.54, 1.807) is 0 Å². The number of nitrogens with zero attached hydrogens (tertiary/aromatic N) is 2. The zero-order valence-electron chi connectivity index (χ0n) is 13.1.